The van der Waals surface area contributed by atoms with Crippen molar-refractivity contribution >= 4 is 17.8 Å². The van der Waals surface area contributed by atoms with Crippen molar-refractivity contribution in [2.45, 2.75) is 6.92 Å². The molecule has 0 aromatic carbocycles. The predicted octanol–water partition coefficient (Wildman–Crippen LogP) is 1.57. The molecule has 0 saturated carbocycles. The second-order valence-electron chi connectivity index (χ2n) is 1.33. The molecular formula is C5H6N2S. The summed E-state index contributed by atoms with van der Waals surface area (Å²) in [6.45, 7) is 1.96. The number of allylic oxidation sites excluding steroid dienone is 1. The molecule has 0 aliphatic rings. The van der Waals surface area contributed by atoms with Gasteiger partial charge in [-0.1, -0.05) is 6.08 Å². The van der Waals surface area contributed by atoms with Crippen molar-refractivity contribution in [2.24, 2.45) is 0 Å². The van der Waals surface area contributed by atoms with Gasteiger partial charge in [0, 0.05) is 0 Å². The molecule has 1 rings (SSSR count). The molecule has 1 aromatic rings. The van der Waals surface area contributed by atoms with Crippen molar-refractivity contribution in [2.75, 3.05) is 0 Å². The van der Waals surface area contributed by atoms with Gasteiger partial charge in [-0.05, 0) is 13.0 Å². The fraction of sp³-hybridized carbons (Fsp3) is 0.200. The second kappa shape index (κ2) is 2.57. The van der Waals surface area contributed by atoms with Gasteiger partial charge < -0.3 is 0 Å². The average Bonchev–Trinajstić information content (AvgIpc) is 2.19. The molecule has 3 heteroatoms. The van der Waals surface area contributed by atoms with Crippen LogP contribution in [0, 0.1) is 0 Å². The van der Waals surface area contributed by atoms with Crippen molar-refractivity contribution in [3.63, 3.8) is 0 Å². The Morgan fingerprint density at radius 1 is 1.75 bits per heavy atom. The minimum absolute atomic E-state index is 0.942. The third kappa shape index (κ3) is 1.13. The lowest BCUT2D eigenvalue weighted by Gasteiger charge is -1.71. The van der Waals surface area contributed by atoms with Gasteiger partial charge in [0.15, 0.2) is 0 Å². The van der Waals surface area contributed by atoms with Crippen molar-refractivity contribution in [1.29, 1.82) is 0 Å². The van der Waals surface area contributed by atoms with E-state index in [0.717, 1.165) is 5.69 Å². The van der Waals surface area contributed by atoms with Gasteiger partial charge in [0.2, 0.25) is 0 Å². The largest absolute Gasteiger partial charge is 0.181 e. The Hall–Kier alpha value is -0.700. The zero-order chi connectivity index (χ0) is 5.82. The molecule has 0 amide bonds. The Morgan fingerprint density at radius 2 is 2.62 bits per heavy atom. The lowest BCUT2D eigenvalue weighted by molar-refractivity contribution is 1.47. The van der Waals surface area contributed by atoms with Crippen molar-refractivity contribution in [1.82, 2.24) is 8.75 Å². The summed E-state index contributed by atoms with van der Waals surface area (Å²) in [5.74, 6) is 0. The summed E-state index contributed by atoms with van der Waals surface area (Å²) >= 11 is 1.23. The van der Waals surface area contributed by atoms with E-state index < -0.39 is 0 Å². The van der Waals surface area contributed by atoms with Gasteiger partial charge in [-0.15, -0.1) is 0 Å². The predicted molar refractivity (Wildman–Crippen MR) is 34.6 cm³/mol. The first-order chi connectivity index (χ1) is 3.93. The maximum atomic E-state index is 3.95. The normalized spacial score (nSPS) is 10.6. The van der Waals surface area contributed by atoms with E-state index in [2.05, 4.69) is 8.75 Å². The first kappa shape index (κ1) is 5.44. The number of rotatable bonds is 1. The third-order valence-corrected chi connectivity index (χ3v) is 1.21. The molecule has 0 aliphatic heterocycles. The summed E-state index contributed by atoms with van der Waals surface area (Å²) in [6, 6.07) is 0. The Kier molecular flexibility index (Phi) is 1.75. The van der Waals surface area contributed by atoms with Crippen LogP contribution in [0.2, 0.25) is 0 Å². The highest BCUT2D eigenvalue weighted by molar-refractivity contribution is 6.99. The fourth-order valence-electron chi connectivity index (χ4n) is 0.416. The average molecular weight is 126 g/mol. The summed E-state index contributed by atoms with van der Waals surface area (Å²) in [4.78, 5) is 0. The maximum Gasteiger partial charge on any atom is 0.0966 e. The first-order valence-corrected chi connectivity index (χ1v) is 3.07. The van der Waals surface area contributed by atoms with E-state index in [1.54, 1.807) is 6.20 Å². The van der Waals surface area contributed by atoms with Crippen LogP contribution in [0.4, 0.5) is 0 Å². The van der Waals surface area contributed by atoms with Gasteiger partial charge in [-0.3, -0.25) is 0 Å². The molecule has 0 atom stereocenters. The van der Waals surface area contributed by atoms with Gasteiger partial charge in [-0.2, -0.15) is 8.75 Å². The van der Waals surface area contributed by atoms with E-state index in [9.17, 15) is 0 Å². The molecule has 2 nitrogen and oxygen atoms in total. The molecule has 0 unspecified atom stereocenters. The quantitative estimate of drug-likeness (QED) is 0.570. The highest BCUT2D eigenvalue weighted by atomic mass is 32.1. The van der Waals surface area contributed by atoms with E-state index in [1.807, 2.05) is 19.1 Å². The summed E-state index contributed by atoms with van der Waals surface area (Å²) in [5, 5.41) is 0. The van der Waals surface area contributed by atoms with Gasteiger partial charge >= 0.3 is 0 Å². The number of nitrogens with zero attached hydrogens (tertiary/aromatic N) is 2. The molecule has 0 N–H and O–H groups in total. The van der Waals surface area contributed by atoms with E-state index in [-0.39, 0.29) is 0 Å². The molecule has 0 fully saturated rings. The number of hydrogen-bond acceptors (Lipinski definition) is 3. The molecule has 0 aliphatic carbocycles. The smallest absolute Gasteiger partial charge is 0.0966 e. The van der Waals surface area contributed by atoms with E-state index >= 15 is 0 Å². The summed E-state index contributed by atoms with van der Waals surface area (Å²) in [7, 11) is 0. The zero-order valence-corrected chi connectivity index (χ0v) is 5.35. The maximum absolute atomic E-state index is 3.95. The van der Waals surface area contributed by atoms with Gasteiger partial charge in [0.1, 0.15) is 0 Å². The van der Waals surface area contributed by atoms with Crippen LogP contribution in [-0.4, -0.2) is 8.75 Å². The Morgan fingerprint density at radius 3 is 3.12 bits per heavy atom. The molecule has 1 heterocycles. The van der Waals surface area contributed by atoms with Crippen LogP contribution >= 0.6 is 11.7 Å². The van der Waals surface area contributed by atoms with E-state index in [0.29, 0.717) is 0 Å². The van der Waals surface area contributed by atoms with Crippen molar-refractivity contribution in [3.05, 3.63) is 18.0 Å². The third-order valence-electron chi connectivity index (χ3n) is 0.716. The summed E-state index contributed by atoms with van der Waals surface area (Å²) in [5.41, 5.74) is 0.942. The first-order valence-electron chi connectivity index (χ1n) is 2.33. The number of hydrogen-bond donors (Lipinski definition) is 0. The highest BCUT2D eigenvalue weighted by Gasteiger charge is 1.83. The van der Waals surface area contributed by atoms with E-state index in [1.165, 1.54) is 11.7 Å². The lowest BCUT2D eigenvalue weighted by Crippen LogP contribution is -1.62. The Bertz CT molecular complexity index is 167. The molecule has 0 radical (unpaired) electrons. The van der Waals surface area contributed by atoms with Crippen LogP contribution < -0.4 is 0 Å². The molecule has 0 bridgehead atoms. The van der Waals surface area contributed by atoms with Crippen LogP contribution in [0.5, 0.6) is 0 Å². The molecule has 0 saturated heterocycles. The minimum atomic E-state index is 0.942. The van der Waals surface area contributed by atoms with Gasteiger partial charge in [0.05, 0.1) is 23.6 Å². The van der Waals surface area contributed by atoms with E-state index in [4.69, 9.17) is 0 Å². The molecule has 0 spiro atoms. The van der Waals surface area contributed by atoms with Gasteiger partial charge in [0.25, 0.3) is 0 Å². The standard InChI is InChI=1S/C5H6N2S/c1-2-3-5-4-6-8-7-5/h2-4H,1H3/b3-2+. The molecule has 1 aromatic heterocycles. The second-order valence-corrected chi connectivity index (χ2v) is 1.89. The van der Waals surface area contributed by atoms with Crippen LogP contribution in [0.15, 0.2) is 12.3 Å². The molecule has 42 valence electrons. The minimum Gasteiger partial charge on any atom is -0.181 e. The van der Waals surface area contributed by atoms with Crippen LogP contribution in [0.25, 0.3) is 6.08 Å². The zero-order valence-electron chi connectivity index (χ0n) is 4.53. The monoisotopic (exact) mass is 126 g/mol. The van der Waals surface area contributed by atoms with Crippen LogP contribution in [0.3, 0.4) is 0 Å². The fourth-order valence-corrected chi connectivity index (χ4v) is 0.821. The topological polar surface area (TPSA) is 25.8 Å². The van der Waals surface area contributed by atoms with Crippen molar-refractivity contribution < 1.29 is 0 Å². The SMILES string of the molecule is C/C=C/c1cnsn1. The molecule has 8 heavy (non-hydrogen) atoms. The summed E-state index contributed by atoms with van der Waals surface area (Å²) < 4.78 is 7.77. The molecular weight excluding hydrogens is 120 g/mol. The Labute approximate surface area is 52.2 Å². The Balaban J connectivity index is 2.77. The van der Waals surface area contributed by atoms with Crippen LogP contribution in [-0.2, 0) is 0 Å². The van der Waals surface area contributed by atoms with Crippen LogP contribution in [0.1, 0.15) is 12.6 Å². The van der Waals surface area contributed by atoms with Gasteiger partial charge in [-0.25, -0.2) is 0 Å². The number of aromatic nitrogens is 2. The van der Waals surface area contributed by atoms with Crippen molar-refractivity contribution in [3.8, 4) is 0 Å². The highest BCUT2D eigenvalue weighted by Crippen LogP contribution is 1.96. The lowest BCUT2D eigenvalue weighted by atomic mass is 10.4. The summed E-state index contributed by atoms with van der Waals surface area (Å²) in [6.07, 6.45) is 5.60.